The number of nitrogens with zero attached hydrogens (tertiary/aromatic N) is 1. The summed E-state index contributed by atoms with van der Waals surface area (Å²) in [6.07, 6.45) is 2.07. The normalized spacial score (nSPS) is 9.36. The number of halogens is 1. The van der Waals surface area contributed by atoms with Gasteiger partial charge in [-0.3, -0.25) is 0 Å². The molecule has 0 aliphatic heterocycles. The van der Waals surface area contributed by atoms with Gasteiger partial charge in [0.05, 0.1) is 5.56 Å². The molecule has 0 heterocycles. The average Bonchev–Trinajstić information content (AvgIpc) is 1.93. The lowest BCUT2D eigenvalue weighted by Gasteiger charge is -1.93. The van der Waals surface area contributed by atoms with Crippen molar-refractivity contribution in [2.24, 2.45) is 0 Å². The Kier molecular flexibility index (Phi) is 2.83. The van der Waals surface area contributed by atoms with Gasteiger partial charge in [0.2, 0.25) is 0 Å². The predicted octanol–water partition coefficient (Wildman–Crippen LogP) is 2.14. The van der Waals surface area contributed by atoms with Crippen molar-refractivity contribution in [1.29, 1.82) is 0 Å². The summed E-state index contributed by atoms with van der Waals surface area (Å²) in [6, 6.07) is 8.15. The van der Waals surface area contributed by atoms with Crippen molar-refractivity contribution in [3.05, 3.63) is 34.3 Å². The standard InChI is InChI=1S/C9H11BrN/c1-11(2)7-8-5-3-4-6-9(8)10/h3-7H,1-2H3/q+1. The van der Waals surface area contributed by atoms with Crippen LogP contribution in [0, 0.1) is 0 Å². The van der Waals surface area contributed by atoms with Crippen molar-refractivity contribution < 1.29 is 4.58 Å². The summed E-state index contributed by atoms with van der Waals surface area (Å²) < 4.78 is 3.16. The van der Waals surface area contributed by atoms with E-state index in [2.05, 4.69) is 28.2 Å². The zero-order chi connectivity index (χ0) is 8.27. The molecule has 1 aromatic carbocycles. The first-order chi connectivity index (χ1) is 5.20. The average molecular weight is 213 g/mol. The van der Waals surface area contributed by atoms with Crippen molar-refractivity contribution in [3.63, 3.8) is 0 Å². The molecule has 0 aliphatic rings. The fourth-order valence-electron chi connectivity index (χ4n) is 0.858. The van der Waals surface area contributed by atoms with E-state index in [1.54, 1.807) is 0 Å². The van der Waals surface area contributed by atoms with Crippen LogP contribution in [0.15, 0.2) is 28.7 Å². The molecule has 0 N–H and O–H groups in total. The fraction of sp³-hybridized carbons (Fsp3) is 0.222. The monoisotopic (exact) mass is 212 g/mol. The minimum absolute atomic E-state index is 1.13. The van der Waals surface area contributed by atoms with Gasteiger partial charge in [-0.05, 0) is 28.1 Å². The molecular weight excluding hydrogens is 202 g/mol. The number of benzene rings is 1. The fourth-order valence-corrected chi connectivity index (χ4v) is 1.25. The van der Waals surface area contributed by atoms with Gasteiger partial charge in [0, 0.05) is 4.47 Å². The number of hydrogen-bond donors (Lipinski definition) is 0. The molecule has 0 saturated carbocycles. The van der Waals surface area contributed by atoms with Crippen LogP contribution in [-0.4, -0.2) is 24.9 Å². The van der Waals surface area contributed by atoms with Gasteiger partial charge in [-0.25, -0.2) is 4.58 Å². The zero-order valence-electron chi connectivity index (χ0n) is 6.71. The second-order valence-corrected chi connectivity index (χ2v) is 3.47. The molecule has 0 amide bonds. The maximum atomic E-state index is 3.47. The van der Waals surface area contributed by atoms with E-state index in [0.29, 0.717) is 0 Å². The Morgan fingerprint density at radius 2 is 1.91 bits per heavy atom. The van der Waals surface area contributed by atoms with Gasteiger partial charge in [-0.1, -0.05) is 12.1 Å². The molecule has 2 heteroatoms. The highest BCUT2D eigenvalue weighted by atomic mass is 79.9. The van der Waals surface area contributed by atoms with Crippen molar-refractivity contribution in [1.82, 2.24) is 0 Å². The van der Waals surface area contributed by atoms with E-state index in [-0.39, 0.29) is 0 Å². The molecule has 11 heavy (non-hydrogen) atoms. The van der Waals surface area contributed by atoms with Gasteiger partial charge >= 0.3 is 0 Å². The zero-order valence-corrected chi connectivity index (χ0v) is 8.30. The Balaban J connectivity index is 3.04. The summed E-state index contributed by atoms with van der Waals surface area (Å²) in [5, 5.41) is 0. The first-order valence-electron chi connectivity index (χ1n) is 3.46. The van der Waals surface area contributed by atoms with Crippen molar-refractivity contribution >= 4 is 22.1 Å². The molecule has 0 atom stereocenters. The Labute approximate surface area is 75.5 Å². The maximum Gasteiger partial charge on any atom is 0.171 e. The summed E-state index contributed by atoms with van der Waals surface area (Å²) in [7, 11) is 4.03. The largest absolute Gasteiger partial charge is 0.241 e. The highest BCUT2D eigenvalue weighted by molar-refractivity contribution is 9.10. The van der Waals surface area contributed by atoms with Crippen LogP contribution in [0.1, 0.15) is 5.56 Å². The lowest BCUT2D eigenvalue weighted by molar-refractivity contribution is -0.458. The number of hydrogen-bond acceptors (Lipinski definition) is 0. The van der Waals surface area contributed by atoms with E-state index in [1.165, 1.54) is 5.56 Å². The summed E-state index contributed by atoms with van der Waals surface area (Å²) in [5.41, 5.74) is 1.21. The molecule has 0 saturated heterocycles. The van der Waals surface area contributed by atoms with Crippen LogP contribution in [0.2, 0.25) is 0 Å². The van der Waals surface area contributed by atoms with E-state index in [0.717, 1.165) is 4.47 Å². The van der Waals surface area contributed by atoms with Crippen molar-refractivity contribution in [3.8, 4) is 0 Å². The molecule has 1 aromatic rings. The molecule has 0 radical (unpaired) electrons. The smallest absolute Gasteiger partial charge is 0.171 e. The van der Waals surface area contributed by atoms with Crippen LogP contribution >= 0.6 is 15.9 Å². The van der Waals surface area contributed by atoms with Crippen LogP contribution in [0.3, 0.4) is 0 Å². The van der Waals surface area contributed by atoms with E-state index in [9.17, 15) is 0 Å². The highest BCUT2D eigenvalue weighted by Crippen LogP contribution is 2.12. The topological polar surface area (TPSA) is 3.01 Å². The minimum atomic E-state index is 1.13. The molecule has 1 nitrogen and oxygen atoms in total. The second kappa shape index (κ2) is 3.67. The van der Waals surface area contributed by atoms with Gasteiger partial charge in [0.15, 0.2) is 6.21 Å². The molecule has 58 valence electrons. The lowest BCUT2D eigenvalue weighted by Crippen LogP contribution is -1.99. The first-order valence-corrected chi connectivity index (χ1v) is 4.25. The van der Waals surface area contributed by atoms with Gasteiger partial charge in [-0.15, -0.1) is 0 Å². The summed E-state index contributed by atoms with van der Waals surface area (Å²) in [6.45, 7) is 0. The lowest BCUT2D eigenvalue weighted by atomic mass is 10.2. The van der Waals surface area contributed by atoms with E-state index < -0.39 is 0 Å². The minimum Gasteiger partial charge on any atom is -0.241 e. The molecule has 1 rings (SSSR count). The summed E-state index contributed by atoms with van der Waals surface area (Å²) >= 11 is 3.47. The Bertz CT molecular complexity index is 275. The second-order valence-electron chi connectivity index (χ2n) is 2.61. The third-order valence-electron chi connectivity index (χ3n) is 1.30. The molecule has 0 spiro atoms. The van der Waals surface area contributed by atoms with Gasteiger partial charge < -0.3 is 0 Å². The van der Waals surface area contributed by atoms with Crippen LogP contribution in [0.25, 0.3) is 0 Å². The van der Waals surface area contributed by atoms with E-state index in [1.807, 2.05) is 36.9 Å². The van der Waals surface area contributed by atoms with E-state index >= 15 is 0 Å². The van der Waals surface area contributed by atoms with Crippen LogP contribution < -0.4 is 0 Å². The Morgan fingerprint density at radius 3 is 2.45 bits per heavy atom. The Morgan fingerprint density at radius 1 is 1.27 bits per heavy atom. The van der Waals surface area contributed by atoms with E-state index in [4.69, 9.17) is 0 Å². The quantitative estimate of drug-likeness (QED) is 0.496. The third-order valence-corrected chi connectivity index (χ3v) is 2.02. The third kappa shape index (κ3) is 2.46. The summed E-state index contributed by atoms with van der Waals surface area (Å²) in [4.78, 5) is 0. The van der Waals surface area contributed by atoms with Crippen LogP contribution in [0.5, 0.6) is 0 Å². The first kappa shape index (κ1) is 8.47. The van der Waals surface area contributed by atoms with Crippen LogP contribution in [-0.2, 0) is 0 Å². The number of rotatable bonds is 1. The molecule has 0 aliphatic carbocycles. The molecular formula is C9H11BrN+. The predicted molar refractivity (Wildman–Crippen MR) is 51.4 cm³/mol. The molecule has 0 unspecified atom stereocenters. The van der Waals surface area contributed by atoms with Gasteiger partial charge in [-0.2, -0.15) is 0 Å². The maximum absolute atomic E-state index is 3.47. The summed E-state index contributed by atoms with van der Waals surface area (Å²) in [5.74, 6) is 0. The molecule has 0 bridgehead atoms. The van der Waals surface area contributed by atoms with Crippen LogP contribution in [0.4, 0.5) is 0 Å². The van der Waals surface area contributed by atoms with Crippen molar-refractivity contribution in [2.75, 3.05) is 14.1 Å². The van der Waals surface area contributed by atoms with Gasteiger partial charge in [0.1, 0.15) is 14.1 Å². The Hall–Kier alpha value is -0.630. The van der Waals surface area contributed by atoms with Crippen molar-refractivity contribution in [2.45, 2.75) is 0 Å². The van der Waals surface area contributed by atoms with Gasteiger partial charge in [0.25, 0.3) is 0 Å². The SMILES string of the molecule is C[N+](C)=Cc1ccccc1Br. The highest BCUT2D eigenvalue weighted by Gasteiger charge is 1.96. The molecule has 0 aromatic heterocycles. The molecule has 0 fully saturated rings.